The maximum atomic E-state index is 12.1. The van der Waals surface area contributed by atoms with Crippen LogP contribution in [0.3, 0.4) is 0 Å². The smallest absolute Gasteiger partial charge is 0.289 e. The second-order valence-electron chi connectivity index (χ2n) is 4.75. The van der Waals surface area contributed by atoms with Crippen LogP contribution in [-0.4, -0.2) is 10.7 Å². The maximum Gasteiger partial charge on any atom is 0.289 e. The number of hydrogen-bond donors (Lipinski definition) is 1. The lowest BCUT2D eigenvalue weighted by atomic mass is 10.1. The van der Waals surface area contributed by atoms with E-state index in [2.05, 4.69) is 21.2 Å². The Morgan fingerprint density at radius 1 is 1.26 bits per heavy atom. The molecule has 2 aromatic rings. The number of hydrogen-bond acceptors (Lipinski definition) is 4. The quantitative estimate of drug-likeness (QED) is 0.326. The Labute approximate surface area is 146 Å². The normalized spacial score (nSPS) is 11.2. The van der Waals surface area contributed by atoms with Crippen LogP contribution in [0.4, 0.5) is 11.4 Å². The minimum Gasteiger partial charge on any atom is -0.359 e. The van der Waals surface area contributed by atoms with Crippen molar-refractivity contribution in [1.29, 1.82) is 0 Å². The van der Waals surface area contributed by atoms with E-state index in [1.165, 1.54) is 18.2 Å². The molecule has 1 N–H and O–H groups in total. The molecule has 0 radical (unpaired) electrons. The average Bonchev–Trinajstić information content (AvgIpc) is 2.49. The van der Waals surface area contributed by atoms with E-state index in [1.807, 2.05) is 0 Å². The predicted molar refractivity (Wildman–Crippen MR) is 94.0 cm³/mol. The minimum absolute atomic E-state index is 0.0631. The standard InChI is InChI=1S/C16H12BrClN2O3/c1-10(8-16(21)11-2-4-12(17)5-3-11)19-13-6-7-14(18)15(9-13)20(22)23/h2-9,19H,1H3. The second kappa shape index (κ2) is 7.39. The lowest BCUT2D eigenvalue weighted by molar-refractivity contribution is -0.384. The van der Waals surface area contributed by atoms with Crippen LogP contribution in [0.1, 0.15) is 17.3 Å². The number of halogens is 2. The molecular weight excluding hydrogens is 384 g/mol. The molecule has 0 aliphatic carbocycles. The van der Waals surface area contributed by atoms with Crippen LogP contribution in [0.25, 0.3) is 0 Å². The number of nitrogens with one attached hydrogen (secondary N) is 1. The average molecular weight is 396 g/mol. The van der Waals surface area contributed by atoms with Crippen molar-refractivity contribution in [1.82, 2.24) is 0 Å². The first kappa shape index (κ1) is 17.2. The van der Waals surface area contributed by atoms with E-state index in [9.17, 15) is 14.9 Å². The largest absolute Gasteiger partial charge is 0.359 e. The zero-order valence-corrected chi connectivity index (χ0v) is 14.4. The van der Waals surface area contributed by atoms with Gasteiger partial charge in [0.15, 0.2) is 5.78 Å². The van der Waals surface area contributed by atoms with Gasteiger partial charge < -0.3 is 5.32 Å². The SMILES string of the molecule is CC(=CC(=O)c1ccc(Br)cc1)Nc1ccc(Cl)c([N+](=O)[O-])c1. The first-order valence-corrected chi connectivity index (χ1v) is 7.73. The van der Waals surface area contributed by atoms with E-state index in [0.717, 1.165) is 4.47 Å². The van der Waals surface area contributed by atoms with Crippen molar-refractivity contribution in [2.24, 2.45) is 0 Å². The van der Waals surface area contributed by atoms with E-state index in [0.29, 0.717) is 16.9 Å². The second-order valence-corrected chi connectivity index (χ2v) is 6.07. The summed E-state index contributed by atoms with van der Waals surface area (Å²) in [6, 6.07) is 11.4. The molecule has 0 aliphatic heterocycles. The Morgan fingerprint density at radius 2 is 1.91 bits per heavy atom. The fourth-order valence-corrected chi connectivity index (χ4v) is 2.34. The van der Waals surface area contributed by atoms with Gasteiger partial charge >= 0.3 is 0 Å². The molecule has 0 saturated carbocycles. The number of nitro benzene ring substituents is 1. The molecule has 0 amide bonds. The van der Waals surface area contributed by atoms with E-state index in [1.54, 1.807) is 37.3 Å². The highest BCUT2D eigenvalue weighted by molar-refractivity contribution is 9.10. The van der Waals surface area contributed by atoms with Gasteiger partial charge in [0, 0.05) is 33.6 Å². The fraction of sp³-hybridized carbons (Fsp3) is 0.0625. The Balaban J connectivity index is 2.16. The van der Waals surface area contributed by atoms with Crippen LogP contribution >= 0.6 is 27.5 Å². The summed E-state index contributed by atoms with van der Waals surface area (Å²) in [4.78, 5) is 22.4. The number of nitro groups is 1. The Kier molecular flexibility index (Phi) is 5.52. The third-order valence-electron chi connectivity index (χ3n) is 2.96. The molecule has 0 unspecified atom stereocenters. The number of carbonyl (C=O) groups is 1. The van der Waals surface area contributed by atoms with Crippen LogP contribution in [0.15, 0.2) is 58.7 Å². The van der Waals surface area contributed by atoms with Gasteiger partial charge in [-0.1, -0.05) is 27.5 Å². The van der Waals surface area contributed by atoms with E-state index in [-0.39, 0.29) is 16.5 Å². The van der Waals surface area contributed by atoms with Crippen molar-refractivity contribution in [2.45, 2.75) is 6.92 Å². The summed E-state index contributed by atoms with van der Waals surface area (Å²) in [6.07, 6.45) is 1.43. The fourth-order valence-electron chi connectivity index (χ4n) is 1.89. The maximum absolute atomic E-state index is 12.1. The topological polar surface area (TPSA) is 72.2 Å². The van der Waals surface area contributed by atoms with Crippen LogP contribution in [0, 0.1) is 10.1 Å². The first-order valence-electron chi connectivity index (χ1n) is 6.56. The number of allylic oxidation sites excluding steroid dienone is 2. The zero-order valence-electron chi connectivity index (χ0n) is 12.0. The molecule has 7 heteroatoms. The summed E-state index contributed by atoms with van der Waals surface area (Å²) in [5.74, 6) is -0.161. The van der Waals surface area contributed by atoms with E-state index < -0.39 is 4.92 Å². The first-order chi connectivity index (χ1) is 10.9. The van der Waals surface area contributed by atoms with Crippen molar-refractivity contribution in [3.63, 3.8) is 0 Å². The van der Waals surface area contributed by atoms with E-state index in [4.69, 9.17) is 11.6 Å². The van der Waals surface area contributed by atoms with Gasteiger partial charge in [0.25, 0.3) is 5.69 Å². The van der Waals surface area contributed by atoms with Crippen molar-refractivity contribution in [3.05, 3.63) is 79.4 Å². The molecule has 5 nitrogen and oxygen atoms in total. The molecule has 2 rings (SSSR count). The molecule has 118 valence electrons. The summed E-state index contributed by atoms with van der Waals surface area (Å²) < 4.78 is 0.890. The molecular formula is C16H12BrClN2O3. The number of anilines is 1. The van der Waals surface area contributed by atoms with Crippen LogP contribution in [-0.2, 0) is 0 Å². The van der Waals surface area contributed by atoms with Crippen LogP contribution in [0.5, 0.6) is 0 Å². The van der Waals surface area contributed by atoms with Crippen molar-refractivity contribution < 1.29 is 9.72 Å². The van der Waals surface area contributed by atoms with Gasteiger partial charge in [0.1, 0.15) is 5.02 Å². The highest BCUT2D eigenvalue weighted by Gasteiger charge is 2.13. The highest BCUT2D eigenvalue weighted by atomic mass is 79.9. The lowest BCUT2D eigenvalue weighted by Gasteiger charge is -2.07. The number of rotatable bonds is 5. The predicted octanol–water partition coefficient (Wildman–Crippen LogP) is 5.21. The van der Waals surface area contributed by atoms with Gasteiger partial charge in [-0.2, -0.15) is 0 Å². The summed E-state index contributed by atoms with van der Waals surface area (Å²) >= 11 is 9.07. The molecule has 0 saturated heterocycles. The summed E-state index contributed by atoms with van der Waals surface area (Å²) in [6.45, 7) is 1.71. The zero-order chi connectivity index (χ0) is 17.0. The molecule has 0 spiro atoms. The van der Waals surface area contributed by atoms with Crippen molar-refractivity contribution in [2.75, 3.05) is 5.32 Å². The number of benzene rings is 2. The highest BCUT2D eigenvalue weighted by Crippen LogP contribution is 2.27. The summed E-state index contributed by atoms with van der Waals surface area (Å²) in [5, 5.41) is 13.9. The molecule has 0 atom stereocenters. The van der Waals surface area contributed by atoms with Gasteiger partial charge in [0.05, 0.1) is 4.92 Å². The molecule has 0 bridgehead atoms. The van der Waals surface area contributed by atoms with E-state index >= 15 is 0 Å². The van der Waals surface area contributed by atoms with Gasteiger partial charge in [0.2, 0.25) is 0 Å². The summed E-state index contributed by atoms with van der Waals surface area (Å²) in [5.41, 5.74) is 1.41. The van der Waals surface area contributed by atoms with Crippen molar-refractivity contribution in [3.8, 4) is 0 Å². The van der Waals surface area contributed by atoms with Crippen LogP contribution in [0.2, 0.25) is 5.02 Å². The molecule has 23 heavy (non-hydrogen) atoms. The molecule has 2 aromatic carbocycles. The van der Waals surface area contributed by atoms with Gasteiger partial charge in [-0.15, -0.1) is 0 Å². The lowest BCUT2D eigenvalue weighted by Crippen LogP contribution is -2.02. The summed E-state index contributed by atoms with van der Waals surface area (Å²) in [7, 11) is 0. The molecule has 0 aromatic heterocycles. The third kappa shape index (κ3) is 4.64. The Morgan fingerprint density at radius 3 is 2.52 bits per heavy atom. The Hall–Kier alpha value is -2.18. The minimum atomic E-state index is -0.556. The molecule has 0 aliphatic rings. The van der Waals surface area contributed by atoms with Gasteiger partial charge in [-0.05, 0) is 43.3 Å². The monoisotopic (exact) mass is 394 g/mol. The van der Waals surface area contributed by atoms with Gasteiger partial charge in [-0.3, -0.25) is 14.9 Å². The number of ketones is 1. The molecule has 0 heterocycles. The Bertz CT molecular complexity index is 788. The van der Waals surface area contributed by atoms with Gasteiger partial charge in [-0.25, -0.2) is 0 Å². The van der Waals surface area contributed by atoms with Crippen LogP contribution < -0.4 is 5.32 Å². The number of carbonyl (C=O) groups excluding carboxylic acids is 1. The van der Waals surface area contributed by atoms with Crippen molar-refractivity contribution >= 4 is 44.7 Å². The molecule has 0 fully saturated rings. The number of nitrogens with zero attached hydrogens (tertiary/aromatic N) is 1. The third-order valence-corrected chi connectivity index (χ3v) is 3.81.